The highest BCUT2D eigenvalue weighted by Gasteiger charge is 2.27. The van der Waals surface area contributed by atoms with Crippen LogP contribution in [0.1, 0.15) is 19.3 Å². The van der Waals surface area contributed by atoms with Crippen molar-refractivity contribution in [3.63, 3.8) is 0 Å². The SMILES string of the molecule is CN(C)CC(=O)NC1CCCC1CO. The van der Waals surface area contributed by atoms with Crippen molar-refractivity contribution in [2.45, 2.75) is 25.3 Å². The van der Waals surface area contributed by atoms with Gasteiger partial charge in [0.1, 0.15) is 0 Å². The molecule has 2 unspecified atom stereocenters. The minimum atomic E-state index is 0.0559. The van der Waals surface area contributed by atoms with Crippen LogP contribution in [0.25, 0.3) is 0 Å². The van der Waals surface area contributed by atoms with Crippen LogP contribution in [0, 0.1) is 5.92 Å². The van der Waals surface area contributed by atoms with Crippen LogP contribution >= 0.6 is 0 Å². The normalized spacial score (nSPS) is 26.9. The van der Waals surface area contributed by atoms with E-state index in [9.17, 15) is 4.79 Å². The third-order valence-electron chi connectivity index (χ3n) is 2.70. The second-order valence-electron chi connectivity index (χ2n) is 4.29. The minimum Gasteiger partial charge on any atom is -0.396 e. The molecule has 1 fully saturated rings. The van der Waals surface area contributed by atoms with E-state index >= 15 is 0 Å². The molecule has 0 aromatic carbocycles. The minimum absolute atomic E-state index is 0.0559. The molecule has 1 amide bonds. The molecule has 2 N–H and O–H groups in total. The summed E-state index contributed by atoms with van der Waals surface area (Å²) < 4.78 is 0. The summed E-state index contributed by atoms with van der Waals surface area (Å²) in [6.45, 7) is 0.613. The van der Waals surface area contributed by atoms with Crippen molar-refractivity contribution in [2.75, 3.05) is 27.2 Å². The predicted octanol–water partition coefficient (Wildman–Crippen LogP) is -0.175. The Balaban J connectivity index is 2.32. The average Bonchev–Trinajstić information content (AvgIpc) is 2.50. The van der Waals surface area contributed by atoms with Crippen LogP contribution in [-0.4, -0.2) is 49.2 Å². The van der Waals surface area contributed by atoms with Crippen molar-refractivity contribution in [1.82, 2.24) is 10.2 Å². The first kappa shape index (κ1) is 11.5. The number of hydrogen-bond acceptors (Lipinski definition) is 3. The molecule has 0 spiro atoms. The van der Waals surface area contributed by atoms with E-state index in [0.717, 1.165) is 19.3 Å². The third kappa shape index (κ3) is 3.27. The van der Waals surface area contributed by atoms with E-state index in [-0.39, 0.29) is 24.5 Å². The zero-order chi connectivity index (χ0) is 10.6. The lowest BCUT2D eigenvalue weighted by Gasteiger charge is -2.20. The molecule has 2 atom stereocenters. The van der Waals surface area contributed by atoms with Gasteiger partial charge < -0.3 is 15.3 Å². The van der Waals surface area contributed by atoms with E-state index in [4.69, 9.17) is 5.11 Å². The van der Waals surface area contributed by atoms with Gasteiger partial charge in [0.05, 0.1) is 6.54 Å². The molecular formula is C10H20N2O2. The smallest absolute Gasteiger partial charge is 0.234 e. The van der Waals surface area contributed by atoms with Gasteiger partial charge >= 0.3 is 0 Å². The van der Waals surface area contributed by atoms with Crippen molar-refractivity contribution in [3.8, 4) is 0 Å². The maximum absolute atomic E-state index is 11.4. The summed E-state index contributed by atoms with van der Waals surface area (Å²) in [5.41, 5.74) is 0. The van der Waals surface area contributed by atoms with Crippen molar-refractivity contribution in [1.29, 1.82) is 0 Å². The summed E-state index contributed by atoms with van der Waals surface area (Å²) in [5.74, 6) is 0.321. The Bertz CT molecular complexity index is 195. The second-order valence-corrected chi connectivity index (χ2v) is 4.29. The topological polar surface area (TPSA) is 52.6 Å². The van der Waals surface area contributed by atoms with Crippen LogP contribution in [0.15, 0.2) is 0 Å². The molecule has 0 saturated heterocycles. The maximum Gasteiger partial charge on any atom is 0.234 e. The molecule has 0 radical (unpaired) electrons. The molecule has 0 aromatic rings. The van der Waals surface area contributed by atoms with E-state index in [1.165, 1.54) is 0 Å². The van der Waals surface area contributed by atoms with Gasteiger partial charge in [-0.15, -0.1) is 0 Å². The second kappa shape index (κ2) is 5.32. The first-order valence-electron chi connectivity index (χ1n) is 5.18. The molecule has 4 nitrogen and oxygen atoms in total. The number of likely N-dealkylation sites (N-methyl/N-ethyl adjacent to an activating group) is 1. The summed E-state index contributed by atoms with van der Waals surface area (Å²) in [6, 6.07) is 0.187. The largest absolute Gasteiger partial charge is 0.396 e. The van der Waals surface area contributed by atoms with Gasteiger partial charge in [-0.1, -0.05) is 6.42 Å². The fourth-order valence-electron chi connectivity index (χ4n) is 1.99. The van der Waals surface area contributed by atoms with E-state index < -0.39 is 0 Å². The number of aliphatic hydroxyl groups excluding tert-OH is 1. The van der Waals surface area contributed by atoms with Crippen LogP contribution in [0.3, 0.4) is 0 Å². The lowest BCUT2D eigenvalue weighted by molar-refractivity contribution is -0.122. The van der Waals surface area contributed by atoms with Crippen LogP contribution < -0.4 is 5.32 Å². The predicted molar refractivity (Wildman–Crippen MR) is 54.9 cm³/mol. The van der Waals surface area contributed by atoms with E-state index in [2.05, 4.69) is 5.32 Å². The van der Waals surface area contributed by atoms with Gasteiger partial charge in [-0.2, -0.15) is 0 Å². The molecule has 0 heterocycles. The standard InChI is InChI=1S/C10H20N2O2/c1-12(2)6-10(14)11-9-5-3-4-8(9)7-13/h8-9,13H,3-7H2,1-2H3,(H,11,14). The molecule has 1 rings (SSSR count). The lowest BCUT2D eigenvalue weighted by atomic mass is 10.1. The first-order valence-corrected chi connectivity index (χ1v) is 5.18. The Morgan fingerprint density at radius 1 is 1.50 bits per heavy atom. The Labute approximate surface area is 85.3 Å². The zero-order valence-electron chi connectivity index (χ0n) is 8.99. The van der Waals surface area contributed by atoms with Crippen LogP contribution in [-0.2, 0) is 4.79 Å². The number of carbonyl (C=O) groups excluding carboxylic acids is 1. The summed E-state index contributed by atoms with van der Waals surface area (Å²) >= 11 is 0. The van der Waals surface area contributed by atoms with Crippen molar-refractivity contribution in [3.05, 3.63) is 0 Å². The number of amides is 1. The summed E-state index contributed by atoms with van der Waals surface area (Å²) in [6.07, 6.45) is 3.14. The van der Waals surface area contributed by atoms with Gasteiger partial charge in [-0.25, -0.2) is 0 Å². The Kier molecular flexibility index (Phi) is 4.35. The number of nitrogens with zero attached hydrogens (tertiary/aromatic N) is 1. The van der Waals surface area contributed by atoms with Gasteiger partial charge in [-0.3, -0.25) is 4.79 Å². The van der Waals surface area contributed by atoms with Crippen molar-refractivity contribution >= 4 is 5.91 Å². The van der Waals surface area contributed by atoms with Crippen molar-refractivity contribution < 1.29 is 9.90 Å². The average molecular weight is 200 g/mol. The number of nitrogens with one attached hydrogen (secondary N) is 1. The van der Waals surface area contributed by atoms with Gasteiger partial charge in [0.2, 0.25) is 5.91 Å². The van der Waals surface area contributed by atoms with Gasteiger partial charge in [0.15, 0.2) is 0 Å². The molecule has 0 aromatic heterocycles. The van der Waals surface area contributed by atoms with Crippen LogP contribution in [0.5, 0.6) is 0 Å². The number of carbonyl (C=O) groups is 1. The quantitative estimate of drug-likeness (QED) is 0.662. The van der Waals surface area contributed by atoms with Gasteiger partial charge in [0.25, 0.3) is 0 Å². The number of hydrogen-bond donors (Lipinski definition) is 2. The van der Waals surface area contributed by atoms with E-state index in [0.29, 0.717) is 6.54 Å². The summed E-state index contributed by atoms with van der Waals surface area (Å²) in [5, 5.41) is 12.0. The molecule has 0 bridgehead atoms. The highest BCUT2D eigenvalue weighted by Crippen LogP contribution is 2.24. The van der Waals surface area contributed by atoms with Crippen molar-refractivity contribution in [2.24, 2.45) is 5.92 Å². The Hall–Kier alpha value is -0.610. The molecule has 1 aliphatic rings. The van der Waals surface area contributed by atoms with Gasteiger partial charge in [0, 0.05) is 18.6 Å². The van der Waals surface area contributed by atoms with E-state index in [1.807, 2.05) is 19.0 Å². The Morgan fingerprint density at radius 3 is 2.79 bits per heavy atom. The molecule has 0 aliphatic heterocycles. The molecular weight excluding hydrogens is 180 g/mol. The highest BCUT2D eigenvalue weighted by molar-refractivity contribution is 5.78. The highest BCUT2D eigenvalue weighted by atomic mass is 16.3. The molecule has 4 heteroatoms. The van der Waals surface area contributed by atoms with Crippen LogP contribution in [0.4, 0.5) is 0 Å². The monoisotopic (exact) mass is 200 g/mol. The first-order chi connectivity index (χ1) is 6.63. The molecule has 1 saturated carbocycles. The lowest BCUT2D eigenvalue weighted by Crippen LogP contribution is -2.42. The third-order valence-corrected chi connectivity index (χ3v) is 2.70. The fourth-order valence-corrected chi connectivity index (χ4v) is 1.99. The number of rotatable bonds is 4. The molecule has 82 valence electrons. The maximum atomic E-state index is 11.4. The summed E-state index contributed by atoms with van der Waals surface area (Å²) in [4.78, 5) is 13.3. The zero-order valence-corrected chi connectivity index (χ0v) is 8.99. The van der Waals surface area contributed by atoms with Crippen LogP contribution in [0.2, 0.25) is 0 Å². The fraction of sp³-hybridized carbons (Fsp3) is 0.900. The molecule has 14 heavy (non-hydrogen) atoms. The van der Waals surface area contributed by atoms with Gasteiger partial charge in [-0.05, 0) is 26.9 Å². The molecule has 1 aliphatic carbocycles. The number of aliphatic hydroxyl groups is 1. The van der Waals surface area contributed by atoms with E-state index in [1.54, 1.807) is 0 Å². The summed E-state index contributed by atoms with van der Waals surface area (Å²) in [7, 11) is 3.75. The Morgan fingerprint density at radius 2 is 2.21 bits per heavy atom.